The van der Waals surface area contributed by atoms with Crippen molar-refractivity contribution in [1.82, 2.24) is 39.9 Å². The molecule has 0 amide bonds. The predicted molar refractivity (Wildman–Crippen MR) is 163 cm³/mol. The van der Waals surface area contributed by atoms with Gasteiger partial charge >= 0.3 is 0 Å². The minimum atomic E-state index is -0.897. The highest BCUT2D eigenvalue weighted by Crippen LogP contribution is 2.51. The number of hydrogen-bond donors (Lipinski definition) is 6. The van der Waals surface area contributed by atoms with Crippen molar-refractivity contribution in [1.29, 1.82) is 0 Å². The van der Waals surface area contributed by atoms with Gasteiger partial charge in [0.05, 0.1) is 10.8 Å². The summed E-state index contributed by atoms with van der Waals surface area (Å²) < 4.78 is 0. The van der Waals surface area contributed by atoms with Crippen LogP contribution in [0.25, 0.3) is 89.7 Å². The van der Waals surface area contributed by atoms with Crippen molar-refractivity contribution in [3.05, 3.63) is 72.8 Å². The van der Waals surface area contributed by atoms with E-state index < -0.39 is 23.0 Å². The fourth-order valence-corrected chi connectivity index (χ4v) is 5.84. The first kappa shape index (κ1) is 24.1. The van der Waals surface area contributed by atoms with Crippen molar-refractivity contribution in [2.75, 3.05) is 0 Å². The van der Waals surface area contributed by atoms with Crippen molar-refractivity contribution in [2.24, 2.45) is 0 Å². The highest BCUT2D eigenvalue weighted by Gasteiger charge is 2.26. The summed E-state index contributed by atoms with van der Waals surface area (Å²) in [6, 6.07) is 22.7. The van der Waals surface area contributed by atoms with Gasteiger partial charge in [0, 0.05) is 33.0 Å². The lowest BCUT2D eigenvalue weighted by Crippen LogP contribution is -1.83. The van der Waals surface area contributed by atoms with E-state index in [1.807, 2.05) is 72.8 Å². The summed E-state index contributed by atoms with van der Waals surface area (Å²) in [7, 11) is 0. The molecule has 2 aliphatic rings. The number of aromatic nitrogens is 8. The normalized spacial score (nSPS) is 12.0. The summed E-state index contributed by atoms with van der Waals surface area (Å²) in [6.45, 7) is 0. The fourth-order valence-electron chi connectivity index (χ4n) is 5.84. The largest absolute Gasteiger partial charge is 0.504 e. The predicted octanol–water partition coefficient (Wildman–Crippen LogP) is 5.69. The Bertz CT molecular complexity index is 2400. The van der Waals surface area contributed by atoms with E-state index in [2.05, 4.69) is 9.97 Å². The molecule has 8 bridgehead atoms. The van der Waals surface area contributed by atoms with E-state index in [0.717, 1.165) is 21.9 Å². The first-order valence-electron chi connectivity index (χ1n) is 13.6. The Labute approximate surface area is 245 Å². The molecule has 0 unspecified atom stereocenters. The average molecular weight is 579 g/mol. The van der Waals surface area contributed by atoms with Crippen LogP contribution in [0.15, 0.2) is 72.8 Å². The van der Waals surface area contributed by atoms with Gasteiger partial charge in [-0.15, -0.1) is 0 Å². The molecule has 0 saturated carbocycles. The molecule has 3 aromatic heterocycles. The molecule has 210 valence electrons. The van der Waals surface area contributed by atoms with E-state index in [-0.39, 0.29) is 33.7 Å². The summed E-state index contributed by atoms with van der Waals surface area (Å²) in [4.78, 5) is 35.1. The van der Waals surface area contributed by atoms with E-state index in [1.54, 1.807) is 0 Å². The average Bonchev–Trinajstić information content (AvgIpc) is 3.78. The van der Waals surface area contributed by atoms with Crippen LogP contribution in [0.5, 0.6) is 23.0 Å². The highest BCUT2D eigenvalue weighted by atomic mass is 16.3. The van der Waals surface area contributed by atoms with Gasteiger partial charge in [0.25, 0.3) is 0 Å². The van der Waals surface area contributed by atoms with Crippen molar-refractivity contribution < 1.29 is 20.4 Å². The molecular formula is C32H18N8O4. The van der Waals surface area contributed by atoms with Gasteiger partial charge in [-0.2, -0.15) is 0 Å². The topological polar surface area (TPSA) is 190 Å². The number of nitrogens with zero attached hydrogens (tertiary/aromatic N) is 6. The van der Waals surface area contributed by atoms with Gasteiger partial charge in [0.2, 0.25) is 11.5 Å². The van der Waals surface area contributed by atoms with Crippen LogP contribution in [-0.2, 0) is 0 Å². The molecular weight excluding hydrogens is 560 g/mol. The van der Waals surface area contributed by atoms with Crippen LogP contribution in [0, 0.1) is 0 Å². The molecule has 0 fully saturated rings. The monoisotopic (exact) mass is 578 g/mol. The van der Waals surface area contributed by atoms with E-state index >= 15 is 0 Å². The molecule has 12 heteroatoms. The van der Waals surface area contributed by atoms with Gasteiger partial charge in [0.1, 0.15) is 22.6 Å². The van der Waals surface area contributed by atoms with Crippen LogP contribution in [0.1, 0.15) is 0 Å². The van der Waals surface area contributed by atoms with Crippen molar-refractivity contribution in [3.63, 3.8) is 0 Å². The van der Waals surface area contributed by atoms with Crippen LogP contribution >= 0.6 is 0 Å². The Balaban J connectivity index is 1.54. The van der Waals surface area contributed by atoms with Crippen molar-refractivity contribution >= 4 is 44.1 Å². The molecule has 6 N–H and O–H groups in total. The molecule has 0 aliphatic carbocycles. The van der Waals surface area contributed by atoms with Crippen LogP contribution in [0.2, 0.25) is 0 Å². The summed E-state index contributed by atoms with van der Waals surface area (Å²) in [5, 5.41) is 44.4. The van der Waals surface area contributed by atoms with Gasteiger partial charge < -0.3 is 30.4 Å². The Hall–Kier alpha value is -6.56. The van der Waals surface area contributed by atoms with Crippen LogP contribution < -0.4 is 0 Å². The SMILES string of the molecule is Oc1c(O)c(O)c2c3nc4nc(nc5[nH]c(nc6nc(nc([nH]3)c2c1O)-c1ccccc1-6)c1ccccc51)-c1ccccc1-4. The molecule has 4 aromatic carbocycles. The zero-order valence-electron chi connectivity index (χ0n) is 22.4. The number of aromatic amines is 2. The van der Waals surface area contributed by atoms with Crippen LogP contribution in [0.4, 0.5) is 0 Å². The number of phenolic OH excluding ortho intramolecular Hbond substituents is 4. The molecule has 9 rings (SSSR count). The van der Waals surface area contributed by atoms with Crippen molar-refractivity contribution in [3.8, 4) is 68.5 Å². The van der Waals surface area contributed by atoms with E-state index in [4.69, 9.17) is 29.9 Å². The zero-order valence-corrected chi connectivity index (χ0v) is 22.4. The number of fused-ring (bicyclic) bond motifs is 20. The minimum Gasteiger partial charge on any atom is -0.504 e. The molecule has 0 spiro atoms. The zero-order chi connectivity index (χ0) is 29.7. The standard InChI is InChI=1S/C32H18N8O4/c41-21-19-20(22(42)24(44)23(21)43)32-39-30-18-12-6-4-10-16(18)28(37-30)35-26-14-8-2-1-7-13(14)25(33-26)34-27-15-9-3-5-11-17(15)29(36-27)38-31(19)40-32/h1-12,41-44H,(H2,33,34,35,36,37,38,39,40). The third-order valence-electron chi connectivity index (χ3n) is 7.89. The smallest absolute Gasteiger partial charge is 0.205 e. The lowest BCUT2D eigenvalue weighted by atomic mass is 10.1. The number of nitrogens with one attached hydrogen (secondary N) is 2. The second kappa shape index (κ2) is 8.49. The summed E-state index contributed by atoms with van der Waals surface area (Å²) >= 11 is 0. The summed E-state index contributed by atoms with van der Waals surface area (Å²) in [5.41, 5.74) is 4.00. The van der Waals surface area contributed by atoms with Crippen LogP contribution in [-0.4, -0.2) is 60.3 Å². The number of rotatable bonds is 0. The van der Waals surface area contributed by atoms with Gasteiger partial charge in [-0.05, 0) is 0 Å². The molecule has 0 saturated heterocycles. The van der Waals surface area contributed by atoms with E-state index in [0.29, 0.717) is 34.1 Å². The lowest BCUT2D eigenvalue weighted by molar-refractivity contribution is 0.351. The number of benzene rings is 4. The molecule has 44 heavy (non-hydrogen) atoms. The maximum Gasteiger partial charge on any atom is 0.205 e. The Morgan fingerprint density at radius 3 is 1.07 bits per heavy atom. The molecule has 0 radical (unpaired) electrons. The first-order chi connectivity index (χ1) is 21.5. The molecule has 5 heterocycles. The Kier molecular flexibility index (Phi) is 4.64. The summed E-state index contributed by atoms with van der Waals surface area (Å²) in [6.07, 6.45) is 0. The van der Waals surface area contributed by atoms with E-state index in [1.165, 1.54) is 0 Å². The quantitative estimate of drug-likeness (QED) is 0.0962. The molecule has 7 aromatic rings. The maximum absolute atomic E-state index is 11.0. The van der Waals surface area contributed by atoms with E-state index in [9.17, 15) is 20.4 Å². The van der Waals surface area contributed by atoms with Gasteiger partial charge in [-0.3, -0.25) is 0 Å². The van der Waals surface area contributed by atoms with Gasteiger partial charge in [-0.25, -0.2) is 29.9 Å². The van der Waals surface area contributed by atoms with Gasteiger partial charge in [0.15, 0.2) is 34.8 Å². The summed E-state index contributed by atoms with van der Waals surface area (Å²) in [5.74, 6) is -1.83. The first-order valence-corrected chi connectivity index (χ1v) is 13.6. The number of hydrogen-bond acceptors (Lipinski definition) is 10. The lowest BCUT2D eigenvalue weighted by Gasteiger charge is -2.05. The Morgan fingerprint density at radius 2 is 0.682 bits per heavy atom. The number of aromatic hydroxyl groups is 4. The minimum absolute atomic E-state index is 0.0390. The third kappa shape index (κ3) is 3.21. The van der Waals surface area contributed by atoms with Crippen LogP contribution in [0.3, 0.4) is 0 Å². The fraction of sp³-hybridized carbons (Fsp3) is 0. The second-order valence-electron chi connectivity index (χ2n) is 10.4. The molecule has 2 aliphatic heterocycles. The second-order valence-corrected chi connectivity index (χ2v) is 10.4. The number of phenols is 4. The highest BCUT2D eigenvalue weighted by molar-refractivity contribution is 6.14. The van der Waals surface area contributed by atoms with Gasteiger partial charge in [-0.1, -0.05) is 72.8 Å². The molecule has 12 nitrogen and oxygen atoms in total. The Morgan fingerprint density at radius 1 is 0.364 bits per heavy atom. The maximum atomic E-state index is 11.0. The van der Waals surface area contributed by atoms with Crippen molar-refractivity contribution in [2.45, 2.75) is 0 Å². The third-order valence-corrected chi connectivity index (χ3v) is 7.89. The number of H-pyrrole nitrogens is 2. The molecule has 0 atom stereocenters.